The molecule has 3 aromatic rings. The van der Waals surface area contributed by atoms with Crippen LogP contribution >= 0.6 is 0 Å². The van der Waals surface area contributed by atoms with Gasteiger partial charge in [-0.25, -0.2) is 4.39 Å². The Kier molecular flexibility index (Phi) is 5.74. The summed E-state index contributed by atoms with van der Waals surface area (Å²) in [5.41, 5.74) is 2.16. The molecule has 6 heteroatoms. The predicted molar refractivity (Wildman–Crippen MR) is 118 cm³/mol. The second-order valence-electron chi connectivity index (χ2n) is 7.28. The van der Waals surface area contributed by atoms with Crippen molar-refractivity contribution < 1.29 is 13.9 Å². The zero-order valence-electron chi connectivity index (χ0n) is 17.2. The zero-order chi connectivity index (χ0) is 21.1. The SMILES string of the molecule is C=CCn1c(C(=O)N2CCN(c3ccccc3F)CC2)cc2c(OCC)cccc21. The Morgan fingerprint density at radius 1 is 1.13 bits per heavy atom. The van der Waals surface area contributed by atoms with Crippen molar-refractivity contribution in [3.63, 3.8) is 0 Å². The third-order valence-corrected chi connectivity index (χ3v) is 5.50. The van der Waals surface area contributed by atoms with E-state index in [9.17, 15) is 9.18 Å². The lowest BCUT2D eigenvalue weighted by Crippen LogP contribution is -2.49. The van der Waals surface area contributed by atoms with E-state index in [1.807, 2.05) is 51.6 Å². The molecule has 1 fully saturated rings. The monoisotopic (exact) mass is 407 g/mol. The number of rotatable bonds is 6. The highest BCUT2D eigenvalue weighted by Crippen LogP contribution is 2.30. The van der Waals surface area contributed by atoms with E-state index in [0.717, 1.165) is 16.7 Å². The van der Waals surface area contributed by atoms with Crippen LogP contribution in [0.25, 0.3) is 10.9 Å². The Labute approximate surface area is 176 Å². The lowest BCUT2D eigenvalue weighted by atomic mass is 10.2. The molecule has 2 aromatic carbocycles. The molecule has 1 aromatic heterocycles. The van der Waals surface area contributed by atoms with Crippen molar-refractivity contribution in [2.45, 2.75) is 13.5 Å². The van der Waals surface area contributed by atoms with Crippen molar-refractivity contribution in [3.05, 3.63) is 72.7 Å². The lowest BCUT2D eigenvalue weighted by Gasteiger charge is -2.36. The molecule has 0 unspecified atom stereocenters. The van der Waals surface area contributed by atoms with Crippen LogP contribution in [0.3, 0.4) is 0 Å². The first-order chi connectivity index (χ1) is 14.6. The smallest absolute Gasteiger partial charge is 0.270 e. The Bertz CT molecular complexity index is 1070. The van der Waals surface area contributed by atoms with Crippen LogP contribution in [0, 0.1) is 5.82 Å². The van der Waals surface area contributed by atoms with Crippen molar-refractivity contribution in [2.75, 3.05) is 37.7 Å². The van der Waals surface area contributed by atoms with Crippen molar-refractivity contribution in [2.24, 2.45) is 0 Å². The first-order valence-electron chi connectivity index (χ1n) is 10.3. The standard InChI is InChI=1S/C24H26FN3O2/c1-3-12-28-20-10-7-11-23(30-4-2)18(20)17-22(28)24(29)27-15-13-26(14-16-27)21-9-6-5-8-19(21)25/h3,5-11,17H,1,4,12-16H2,2H3. The molecular weight excluding hydrogens is 381 g/mol. The van der Waals surface area contributed by atoms with Crippen LogP contribution in [0.2, 0.25) is 0 Å². The molecule has 156 valence electrons. The summed E-state index contributed by atoms with van der Waals surface area (Å²) < 4.78 is 21.8. The first-order valence-corrected chi connectivity index (χ1v) is 10.3. The van der Waals surface area contributed by atoms with Gasteiger partial charge < -0.3 is 19.1 Å². The molecule has 0 bridgehead atoms. The molecule has 0 spiro atoms. The average Bonchev–Trinajstić information content (AvgIpc) is 3.14. The van der Waals surface area contributed by atoms with Gasteiger partial charge in [-0.2, -0.15) is 0 Å². The molecule has 0 radical (unpaired) electrons. The summed E-state index contributed by atoms with van der Waals surface area (Å²) >= 11 is 0. The number of hydrogen-bond acceptors (Lipinski definition) is 3. The van der Waals surface area contributed by atoms with Gasteiger partial charge in [0.25, 0.3) is 5.91 Å². The highest BCUT2D eigenvalue weighted by Gasteiger charge is 2.26. The Morgan fingerprint density at radius 3 is 2.60 bits per heavy atom. The fraction of sp³-hybridized carbons (Fsp3) is 0.292. The summed E-state index contributed by atoms with van der Waals surface area (Å²) in [5, 5.41) is 0.926. The van der Waals surface area contributed by atoms with Gasteiger partial charge in [-0.1, -0.05) is 24.3 Å². The Hall–Kier alpha value is -3.28. The first kappa shape index (κ1) is 20.0. The number of halogens is 1. The van der Waals surface area contributed by atoms with Gasteiger partial charge >= 0.3 is 0 Å². The van der Waals surface area contributed by atoms with Gasteiger partial charge in [0.05, 0.1) is 17.8 Å². The molecule has 30 heavy (non-hydrogen) atoms. The number of carbonyl (C=O) groups is 1. The number of piperazine rings is 1. The van der Waals surface area contributed by atoms with Crippen LogP contribution in [0.1, 0.15) is 17.4 Å². The topological polar surface area (TPSA) is 37.7 Å². The second-order valence-corrected chi connectivity index (χ2v) is 7.28. The highest BCUT2D eigenvalue weighted by atomic mass is 19.1. The van der Waals surface area contributed by atoms with E-state index in [2.05, 4.69) is 6.58 Å². The maximum Gasteiger partial charge on any atom is 0.270 e. The molecule has 0 saturated carbocycles. The number of anilines is 1. The molecule has 1 aliphatic heterocycles. The quantitative estimate of drug-likeness (QED) is 0.571. The predicted octanol–water partition coefficient (Wildman–Crippen LogP) is 4.33. The number of aromatic nitrogens is 1. The van der Waals surface area contributed by atoms with Gasteiger partial charge in [0, 0.05) is 38.1 Å². The maximum absolute atomic E-state index is 14.1. The number of nitrogens with zero attached hydrogens (tertiary/aromatic N) is 3. The van der Waals surface area contributed by atoms with E-state index in [0.29, 0.717) is 50.7 Å². The van der Waals surface area contributed by atoms with Crippen molar-refractivity contribution in [1.29, 1.82) is 0 Å². The van der Waals surface area contributed by atoms with Crippen molar-refractivity contribution in [3.8, 4) is 5.75 Å². The maximum atomic E-state index is 14.1. The Morgan fingerprint density at radius 2 is 1.90 bits per heavy atom. The highest BCUT2D eigenvalue weighted by molar-refractivity contribution is 6.00. The molecular formula is C24H26FN3O2. The minimum absolute atomic E-state index is 0.0244. The van der Waals surface area contributed by atoms with Crippen molar-refractivity contribution >= 4 is 22.5 Å². The van der Waals surface area contributed by atoms with Gasteiger partial charge in [-0.05, 0) is 37.3 Å². The largest absolute Gasteiger partial charge is 0.493 e. The van der Waals surface area contributed by atoms with Crippen LogP contribution in [-0.4, -0.2) is 48.2 Å². The summed E-state index contributed by atoms with van der Waals surface area (Å²) in [5.74, 6) is 0.520. The summed E-state index contributed by atoms with van der Waals surface area (Å²) in [6.45, 7) is 9.17. The lowest BCUT2D eigenvalue weighted by molar-refractivity contribution is 0.0737. The third-order valence-electron chi connectivity index (χ3n) is 5.50. The van der Waals surface area contributed by atoms with E-state index in [1.165, 1.54) is 6.07 Å². The number of amides is 1. The van der Waals surface area contributed by atoms with Crippen LogP contribution in [0.4, 0.5) is 10.1 Å². The van der Waals surface area contributed by atoms with Gasteiger partial charge in [0.2, 0.25) is 0 Å². The molecule has 0 atom stereocenters. The summed E-state index contributed by atoms with van der Waals surface area (Å²) in [7, 11) is 0. The zero-order valence-corrected chi connectivity index (χ0v) is 17.2. The van der Waals surface area contributed by atoms with Crippen LogP contribution in [0.15, 0.2) is 61.2 Å². The molecule has 1 amide bonds. The van der Waals surface area contributed by atoms with Gasteiger partial charge in [-0.3, -0.25) is 4.79 Å². The van der Waals surface area contributed by atoms with Crippen LogP contribution in [-0.2, 0) is 6.54 Å². The van der Waals surface area contributed by atoms with E-state index in [-0.39, 0.29) is 11.7 Å². The molecule has 2 heterocycles. The minimum Gasteiger partial charge on any atom is -0.493 e. The number of para-hydroxylation sites is 1. The third kappa shape index (κ3) is 3.65. The number of benzene rings is 2. The summed E-state index contributed by atoms with van der Waals surface area (Å²) in [6.07, 6.45) is 1.79. The summed E-state index contributed by atoms with van der Waals surface area (Å²) in [6, 6.07) is 14.5. The minimum atomic E-state index is -0.230. The van der Waals surface area contributed by atoms with E-state index < -0.39 is 0 Å². The normalized spacial score (nSPS) is 14.2. The Balaban J connectivity index is 1.59. The van der Waals surface area contributed by atoms with Gasteiger partial charge in [0.1, 0.15) is 17.3 Å². The fourth-order valence-corrected chi connectivity index (χ4v) is 4.06. The van der Waals surface area contributed by atoms with E-state index >= 15 is 0 Å². The van der Waals surface area contributed by atoms with Gasteiger partial charge in [-0.15, -0.1) is 6.58 Å². The second kappa shape index (κ2) is 8.61. The fourth-order valence-electron chi connectivity index (χ4n) is 4.06. The number of hydrogen-bond donors (Lipinski definition) is 0. The molecule has 0 aliphatic carbocycles. The molecule has 1 saturated heterocycles. The number of ether oxygens (including phenoxy) is 1. The number of carbonyl (C=O) groups excluding carboxylic acids is 1. The molecule has 1 aliphatic rings. The van der Waals surface area contributed by atoms with Crippen LogP contribution in [0.5, 0.6) is 5.75 Å². The molecule has 4 rings (SSSR count). The molecule has 0 N–H and O–H groups in total. The number of fused-ring (bicyclic) bond motifs is 1. The number of allylic oxidation sites excluding steroid dienone is 1. The van der Waals surface area contributed by atoms with Gasteiger partial charge in [0.15, 0.2) is 0 Å². The van der Waals surface area contributed by atoms with E-state index in [4.69, 9.17) is 4.74 Å². The van der Waals surface area contributed by atoms with E-state index in [1.54, 1.807) is 18.2 Å². The molecule has 5 nitrogen and oxygen atoms in total. The van der Waals surface area contributed by atoms with Crippen molar-refractivity contribution in [1.82, 2.24) is 9.47 Å². The van der Waals surface area contributed by atoms with Crippen LogP contribution < -0.4 is 9.64 Å². The summed E-state index contributed by atoms with van der Waals surface area (Å²) in [4.78, 5) is 17.2. The average molecular weight is 407 g/mol.